The maximum Gasteiger partial charge on any atom is 0.0348 e. The zero-order valence-corrected chi connectivity index (χ0v) is 9.18. The van der Waals surface area contributed by atoms with Crippen molar-refractivity contribution in [2.24, 2.45) is 11.8 Å². The molecule has 2 heteroatoms. The Morgan fingerprint density at radius 1 is 1.29 bits per heavy atom. The van der Waals surface area contributed by atoms with Gasteiger partial charge in [-0.3, -0.25) is 11.3 Å². The van der Waals surface area contributed by atoms with Gasteiger partial charge >= 0.3 is 0 Å². The van der Waals surface area contributed by atoms with Gasteiger partial charge in [-0.15, -0.1) is 11.8 Å². The van der Waals surface area contributed by atoms with Crippen LogP contribution in [0.2, 0.25) is 0 Å². The second-order valence-corrected chi connectivity index (χ2v) is 4.16. The van der Waals surface area contributed by atoms with E-state index in [4.69, 9.17) is 5.84 Å². The van der Waals surface area contributed by atoms with E-state index >= 15 is 0 Å². The number of rotatable bonds is 3. The molecule has 0 saturated heterocycles. The summed E-state index contributed by atoms with van der Waals surface area (Å²) in [6, 6.07) is 0.403. The fourth-order valence-corrected chi connectivity index (χ4v) is 2.29. The van der Waals surface area contributed by atoms with E-state index in [9.17, 15) is 0 Å². The van der Waals surface area contributed by atoms with Crippen LogP contribution < -0.4 is 11.3 Å². The fraction of sp³-hybridized carbons (Fsp3) is 0.833. The molecule has 0 heterocycles. The quantitative estimate of drug-likeness (QED) is 0.313. The Morgan fingerprint density at radius 3 is 2.43 bits per heavy atom. The van der Waals surface area contributed by atoms with Crippen molar-refractivity contribution >= 4 is 0 Å². The predicted molar refractivity (Wildman–Crippen MR) is 60.4 cm³/mol. The van der Waals surface area contributed by atoms with Crippen LogP contribution in [0.25, 0.3) is 0 Å². The molecule has 14 heavy (non-hydrogen) atoms. The second kappa shape index (κ2) is 6.86. The van der Waals surface area contributed by atoms with Crippen molar-refractivity contribution in [2.75, 3.05) is 0 Å². The molecule has 1 aliphatic carbocycles. The van der Waals surface area contributed by atoms with Crippen LogP contribution in [-0.2, 0) is 0 Å². The minimum absolute atomic E-state index is 0.403. The van der Waals surface area contributed by atoms with E-state index in [1.54, 1.807) is 0 Å². The Kier molecular flexibility index (Phi) is 5.66. The van der Waals surface area contributed by atoms with E-state index in [0.717, 1.165) is 12.3 Å². The van der Waals surface area contributed by atoms with Crippen molar-refractivity contribution in [2.45, 2.75) is 57.9 Å². The molecule has 80 valence electrons. The molecule has 0 aromatic rings. The normalized spacial score (nSPS) is 20.7. The summed E-state index contributed by atoms with van der Waals surface area (Å²) >= 11 is 0. The first-order chi connectivity index (χ1) is 6.88. The van der Waals surface area contributed by atoms with Crippen molar-refractivity contribution in [1.29, 1.82) is 0 Å². The van der Waals surface area contributed by atoms with Gasteiger partial charge in [0.2, 0.25) is 0 Å². The number of hydrogen-bond donors (Lipinski definition) is 2. The van der Waals surface area contributed by atoms with E-state index in [0.29, 0.717) is 6.04 Å². The van der Waals surface area contributed by atoms with Crippen LogP contribution in [-0.4, -0.2) is 6.04 Å². The van der Waals surface area contributed by atoms with Gasteiger partial charge in [0.25, 0.3) is 0 Å². The summed E-state index contributed by atoms with van der Waals surface area (Å²) < 4.78 is 0. The Morgan fingerprint density at radius 2 is 1.93 bits per heavy atom. The minimum atomic E-state index is 0.403. The first kappa shape index (κ1) is 11.6. The molecule has 0 spiro atoms. The largest absolute Gasteiger partial charge is 0.271 e. The van der Waals surface area contributed by atoms with Gasteiger partial charge in [-0.1, -0.05) is 25.7 Å². The van der Waals surface area contributed by atoms with Gasteiger partial charge in [0, 0.05) is 12.5 Å². The van der Waals surface area contributed by atoms with Crippen molar-refractivity contribution in [3.63, 3.8) is 0 Å². The third kappa shape index (κ3) is 3.69. The van der Waals surface area contributed by atoms with E-state index in [-0.39, 0.29) is 0 Å². The number of hydrazine groups is 1. The van der Waals surface area contributed by atoms with Gasteiger partial charge in [0.1, 0.15) is 0 Å². The standard InChI is InChI=1S/C12H22N2/c1-2-3-10-12(14-13)11-8-6-4-5-7-9-11/h11-12,14H,4-10,13H2,1H3. The van der Waals surface area contributed by atoms with Gasteiger partial charge in [-0.05, 0) is 25.7 Å². The second-order valence-electron chi connectivity index (χ2n) is 4.16. The lowest BCUT2D eigenvalue weighted by Crippen LogP contribution is -2.40. The van der Waals surface area contributed by atoms with Crippen LogP contribution in [0.3, 0.4) is 0 Å². The third-order valence-electron chi connectivity index (χ3n) is 3.18. The summed E-state index contributed by atoms with van der Waals surface area (Å²) in [5.74, 6) is 12.4. The molecule has 1 atom stereocenters. The van der Waals surface area contributed by atoms with Crippen molar-refractivity contribution in [1.82, 2.24) is 5.43 Å². The topological polar surface area (TPSA) is 38.0 Å². The van der Waals surface area contributed by atoms with E-state index in [1.165, 1.54) is 38.5 Å². The minimum Gasteiger partial charge on any atom is -0.271 e. The third-order valence-corrected chi connectivity index (χ3v) is 3.18. The van der Waals surface area contributed by atoms with Gasteiger partial charge in [-0.2, -0.15) is 0 Å². The molecule has 1 rings (SSSR count). The smallest absolute Gasteiger partial charge is 0.0348 e. The Labute approximate surface area is 87.6 Å². The molecule has 0 amide bonds. The lowest BCUT2D eigenvalue weighted by Gasteiger charge is -2.23. The maximum atomic E-state index is 5.58. The zero-order valence-electron chi connectivity index (χ0n) is 9.18. The van der Waals surface area contributed by atoms with E-state index in [1.807, 2.05) is 6.92 Å². The highest BCUT2D eigenvalue weighted by Gasteiger charge is 2.20. The van der Waals surface area contributed by atoms with Crippen molar-refractivity contribution in [3.05, 3.63) is 0 Å². The maximum absolute atomic E-state index is 5.58. The van der Waals surface area contributed by atoms with Gasteiger partial charge < -0.3 is 0 Å². The average molecular weight is 194 g/mol. The monoisotopic (exact) mass is 194 g/mol. The molecule has 0 bridgehead atoms. The highest BCUT2D eigenvalue weighted by molar-refractivity contribution is 4.99. The van der Waals surface area contributed by atoms with Crippen LogP contribution >= 0.6 is 0 Å². The van der Waals surface area contributed by atoms with E-state index < -0.39 is 0 Å². The number of nitrogens with two attached hydrogens (primary N) is 1. The summed E-state index contributed by atoms with van der Waals surface area (Å²) in [7, 11) is 0. The molecule has 0 aliphatic heterocycles. The number of hydrogen-bond acceptors (Lipinski definition) is 2. The molecule has 1 aliphatic rings. The summed E-state index contributed by atoms with van der Waals surface area (Å²) in [5, 5.41) is 0. The average Bonchev–Trinajstić information content (AvgIpc) is 2.48. The Hall–Kier alpha value is -0.520. The first-order valence-corrected chi connectivity index (χ1v) is 5.74. The van der Waals surface area contributed by atoms with Crippen molar-refractivity contribution < 1.29 is 0 Å². The van der Waals surface area contributed by atoms with E-state index in [2.05, 4.69) is 17.3 Å². The summed E-state index contributed by atoms with van der Waals surface area (Å²) in [6.45, 7) is 1.89. The molecule has 2 nitrogen and oxygen atoms in total. The highest BCUT2D eigenvalue weighted by Crippen LogP contribution is 2.26. The Bertz CT molecular complexity index is 194. The number of nitrogens with one attached hydrogen (secondary N) is 1. The predicted octanol–water partition coefficient (Wildman–Crippen LogP) is 2.20. The van der Waals surface area contributed by atoms with Crippen LogP contribution in [0.1, 0.15) is 51.9 Å². The van der Waals surface area contributed by atoms with Crippen LogP contribution in [0.4, 0.5) is 0 Å². The van der Waals surface area contributed by atoms with Gasteiger partial charge in [0.15, 0.2) is 0 Å². The molecule has 0 aromatic heterocycles. The molecule has 1 fully saturated rings. The molecule has 3 N–H and O–H groups in total. The molecular weight excluding hydrogens is 172 g/mol. The molecular formula is C12H22N2. The molecule has 0 aromatic carbocycles. The first-order valence-electron chi connectivity index (χ1n) is 5.74. The van der Waals surface area contributed by atoms with Gasteiger partial charge in [0.05, 0.1) is 0 Å². The Balaban J connectivity index is 2.42. The summed E-state index contributed by atoms with van der Waals surface area (Å²) in [4.78, 5) is 0. The lowest BCUT2D eigenvalue weighted by atomic mass is 9.90. The lowest BCUT2D eigenvalue weighted by molar-refractivity contribution is 0.326. The van der Waals surface area contributed by atoms with Gasteiger partial charge in [-0.25, -0.2) is 0 Å². The SMILES string of the molecule is CC#CCC(NN)C1CCCCCC1. The molecule has 1 unspecified atom stereocenters. The summed E-state index contributed by atoms with van der Waals surface area (Å²) in [5.41, 5.74) is 2.93. The summed E-state index contributed by atoms with van der Waals surface area (Å²) in [6.07, 6.45) is 9.06. The molecule has 1 saturated carbocycles. The van der Waals surface area contributed by atoms with Crippen LogP contribution in [0.15, 0.2) is 0 Å². The van der Waals surface area contributed by atoms with Crippen LogP contribution in [0, 0.1) is 17.8 Å². The highest BCUT2D eigenvalue weighted by atomic mass is 15.2. The molecule has 0 radical (unpaired) electrons. The van der Waals surface area contributed by atoms with Crippen molar-refractivity contribution in [3.8, 4) is 11.8 Å². The fourth-order valence-electron chi connectivity index (χ4n) is 2.29. The zero-order chi connectivity index (χ0) is 10.2. The van der Waals surface area contributed by atoms with Crippen LogP contribution in [0.5, 0.6) is 0 Å².